The molecule has 4 heterocycles. The van der Waals surface area contributed by atoms with E-state index in [1.54, 1.807) is 13.3 Å². The number of aliphatic hydroxyl groups is 1. The second kappa shape index (κ2) is 6.09. The lowest BCUT2D eigenvalue weighted by Crippen LogP contribution is -2.64. The van der Waals surface area contributed by atoms with E-state index < -0.39 is 6.10 Å². The molecule has 1 aromatic heterocycles. The topological polar surface area (TPSA) is 65.4 Å². The summed E-state index contributed by atoms with van der Waals surface area (Å²) in [4.78, 5) is 4.37. The van der Waals surface area contributed by atoms with E-state index in [0.717, 1.165) is 35.1 Å². The molecule has 132 valence electrons. The molecule has 3 fully saturated rings. The third-order valence-electron chi connectivity index (χ3n) is 6.12. The second-order valence-electron chi connectivity index (χ2n) is 7.34. The van der Waals surface area contributed by atoms with Crippen LogP contribution in [-0.2, 0) is 0 Å². The Morgan fingerprint density at radius 1 is 1.44 bits per heavy atom. The molecule has 0 amide bonds. The maximum absolute atomic E-state index is 13.4. The lowest BCUT2D eigenvalue weighted by molar-refractivity contribution is -0.929. The van der Waals surface area contributed by atoms with Crippen LogP contribution in [0.3, 0.4) is 0 Å². The number of hydrogen-bond donors (Lipinski definition) is 1. The number of fused-ring (bicyclic) bond motifs is 4. The average Bonchev–Trinajstić information content (AvgIpc) is 2.66. The fraction of sp³-hybridized carbons (Fsp3) is 0.450. The predicted octanol–water partition coefficient (Wildman–Crippen LogP) is 3.19. The quantitative estimate of drug-likeness (QED) is 0.527. The Balaban J connectivity index is 1.73. The van der Waals surface area contributed by atoms with E-state index in [0.29, 0.717) is 19.0 Å². The van der Waals surface area contributed by atoms with Crippen LogP contribution in [0.4, 0.5) is 0 Å². The van der Waals surface area contributed by atoms with Crippen LogP contribution >= 0.6 is 0 Å². The van der Waals surface area contributed by atoms with Gasteiger partial charge in [-0.25, -0.2) is 0 Å². The van der Waals surface area contributed by atoms with Crippen molar-refractivity contribution in [2.75, 3.05) is 20.2 Å². The van der Waals surface area contributed by atoms with Gasteiger partial charge in [0, 0.05) is 30.3 Å². The molecule has 0 spiro atoms. The van der Waals surface area contributed by atoms with E-state index in [2.05, 4.69) is 11.6 Å². The first-order valence-electron chi connectivity index (χ1n) is 8.87. The van der Waals surface area contributed by atoms with Crippen molar-refractivity contribution in [2.24, 2.45) is 11.8 Å². The van der Waals surface area contributed by atoms with E-state index in [4.69, 9.17) is 4.74 Å². The van der Waals surface area contributed by atoms with Gasteiger partial charge in [-0.05, 0) is 35.7 Å². The zero-order chi connectivity index (χ0) is 17.6. The Labute approximate surface area is 147 Å². The number of hydrogen-bond acceptors (Lipinski definition) is 4. The number of hydroxylamine groups is 3. The minimum absolute atomic E-state index is 0.268. The van der Waals surface area contributed by atoms with E-state index >= 15 is 0 Å². The summed E-state index contributed by atoms with van der Waals surface area (Å²) in [7, 11) is 1.62. The zero-order valence-corrected chi connectivity index (χ0v) is 14.5. The van der Waals surface area contributed by atoms with E-state index in [-0.39, 0.29) is 16.6 Å². The van der Waals surface area contributed by atoms with Crippen LogP contribution in [0.15, 0.2) is 43.1 Å². The number of benzene rings is 1. The molecule has 5 atom stereocenters. The average molecular weight is 340 g/mol. The lowest BCUT2D eigenvalue weighted by atomic mass is 9.73. The smallest absolute Gasteiger partial charge is 0.132 e. The number of pyridine rings is 1. The third-order valence-corrected chi connectivity index (χ3v) is 6.12. The van der Waals surface area contributed by atoms with Gasteiger partial charge in [0.05, 0.1) is 25.7 Å². The van der Waals surface area contributed by atoms with E-state index in [1.807, 2.05) is 30.3 Å². The van der Waals surface area contributed by atoms with Gasteiger partial charge in [-0.15, -0.1) is 6.58 Å². The summed E-state index contributed by atoms with van der Waals surface area (Å²) in [6.45, 7) is 5.01. The van der Waals surface area contributed by atoms with Crippen molar-refractivity contribution in [2.45, 2.75) is 25.0 Å². The fourth-order valence-corrected chi connectivity index (χ4v) is 4.68. The van der Waals surface area contributed by atoms with Gasteiger partial charge in [0.25, 0.3) is 0 Å². The van der Waals surface area contributed by atoms with Crippen LogP contribution in [0.5, 0.6) is 5.75 Å². The van der Waals surface area contributed by atoms with Crippen molar-refractivity contribution < 1.29 is 14.5 Å². The number of methoxy groups -OCH3 is 1. The van der Waals surface area contributed by atoms with Gasteiger partial charge in [0.1, 0.15) is 17.9 Å². The highest BCUT2D eigenvalue weighted by Crippen LogP contribution is 2.46. The Hall–Kier alpha value is -1.95. The summed E-state index contributed by atoms with van der Waals surface area (Å²) >= 11 is 0. The number of ether oxygens (including phenoxy) is 1. The third kappa shape index (κ3) is 2.63. The lowest BCUT2D eigenvalue weighted by Gasteiger charge is -2.61. The van der Waals surface area contributed by atoms with Gasteiger partial charge in [0.2, 0.25) is 0 Å². The molecule has 25 heavy (non-hydrogen) atoms. The molecule has 5 rings (SSSR count). The highest BCUT2D eigenvalue weighted by atomic mass is 16.6. The molecule has 3 aliphatic rings. The van der Waals surface area contributed by atoms with Gasteiger partial charge in [-0.3, -0.25) is 4.98 Å². The number of nitrogens with zero attached hydrogens (tertiary/aromatic N) is 2. The summed E-state index contributed by atoms with van der Waals surface area (Å²) in [6.07, 6.45) is 4.49. The molecule has 2 aromatic rings. The number of piperidine rings is 3. The van der Waals surface area contributed by atoms with Crippen molar-refractivity contribution in [1.82, 2.24) is 4.98 Å². The van der Waals surface area contributed by atoms with Gasteiger partial charge < -0.3 is 19.7 Å². The first-order chi connectivity index (χ1) is 12.1. The van der Waals surface area contributed by atoms with Crippen molar-refractivity contribution in [1.29, 1.82) is 0 Å². The number of quaternary nitrogens is 1. The molecule has 2 bridgehead atoms. The first kappa shape index (κ1) is 16.5. The van der Waals surface area contributed by atoms with Crippen LogP contribution in [0, 0.1) is 17.0 Å². The summed E-state index contributed by atoms with van der Waals surface area (Å²) in [5, 5.41) is 25.4. The molecule has 0 radical (unpaired) electrons. The molecule has 1 N–H and O–H groups in total. The molecule has 1 aromatic carbocycles. The van der Waals surface area contributed by atoms with Crippen molar-refractivity contribution in [3.05, 3.63) is 53.9 Å². The Morgan fingerprint density at radius 2 is 2.28 bits per heavy atom. The number of rotatable bonds is 4. The fourth-order valence-electron chi connectivity index (χ4n) is 4.68. The van der Waals surface area contributed by atoms with Gasteiger partial charge in [-0.1, -0.05) is 6.08 Å². The second-order valence-corrected chi connectivity index (χ2v) is 7.34. The standard InChI is InChI=1S/C20H24N2O3/c1-3-13-12-22(24)9-7-14(13)10-19(22)20(23)16-6-8-21-18-5-4-15(25-2)11-17(16)18/h3-6,8,11,13-14,19-20,23H,1,7,9-10,12H2,2H3/t13-,14+,19-,20+,22-/m1/s1. The van der Waals surface area contributed by atoms with Crippen LogP contribution in [0.1, 0.15) is 24.5 Å². The van der Waals surface area contributed by atoms with Crippen LogP contribution in [0.2, 0.25) is 0 Å². The van der Waals surface area contributed by atoms with Crippen molar-refractivity contribution in [3.8, 4) is 5.75 Å². The molecule has 5 nitrogen and oxygen atoms in total. The Morgan fingerprint density at radius 3 is 3.00 bits per heavy atom. The maximum atomic E-state index is 13.4. The molecular weight excluding hydrogens is 316 g/mol. The minimum Gasteiger partial charge on any atom is -0.632 e. The molecule has 3 aliphatic heterocycles. The molecule has 0 aliphatic carbocycles. The van der Waals surface area contributed by atoms with Crippen LogP contribution < -0.4 is 4.74 Å². The molecule has 3 saturated heterocycles. The SMILES string of the molecule is C=C[C@@H]1C[N@+]2([O-])CC[C@H]1C[C@@H]2[C@@H](O)c1ccnc2ccc(OC)cc12. The molecule has 0 saturated carbocycles. The predicted molar refractivity (Wildman–Crippen MR) is 96.8 cm³/mol. The van der Waals surface area contributed by atoms with Crippen molar-refractivity contribution in [3.63, 3.8) is 0 Å². The number of aromatic nitrogens is 1. The summed E-state index contributed by atoms with van der Waals surface area (Å²) in [5.41, 5.74) is 1.57. The van der Waals surface area contributed by atoms with E-state index in [1.165, 1.54) is 0 Å². The van der Waals surface area contributed by atoms with E-state index in [9.17, 15) is 10.3 Å². The first-order valence-corrected chi connectivity index (χ1v) is 8.87. The largest absolute Gasteiger partial charge is 0.632 e. The van der Waals surface area contributed by atoms with Gasteiger partial charge in [-0.2, -0.15) is 0 Å². The molecule has 5 heteroatoms. The monoisotopic (exact) mass is 340 g/mol. The zero-order valence-electron chi connectivity index (χ0n) is 14.5. The van der Waals surface area contributed by atoms with Crippen LogP contribution in [0.25, 0.3) is 10.9 Å². The van der Waals surface area contributed by atoms with Gasteiger partial charge >= 0.3 is 0 Å². The summed E-state index contributed by atoms with van der Waals surface area (Å²) < 4.78 is 5.00. The van der Waals surface area contributed by atoms with Crippen LogP contribution in [-0.4, -0.2) is 41.0 Å². The minimum atomic E-state index is -0.802. The molecular formula is C20H24N2O3. The summed E-state index contributed by atoms with van der Waals surface area (Å²) in [5.74, 6) is 1.44. The van der Waals surface area contributed by atoms with Crippen molar-refractivity contribution >= 4 is 10.9 Å². The maximum Gasteiger partial charge on any atom is 0.132 e. The Bertz CT molecular complexity index is 809. The number of aliphatic hydroxyl groups excluding tert-OH is 1. The highest BCUT2D eigenvalue weighted by Gasteiger charge is 2.49. The highest BCUT2D eigenvalue weighted by molar-refractivity contribution is 5.83. The normalized spacial score (nSPS) is 32.5. The molecule has 0 unspecified atom stereocenters. The van der Waals surface area contributed by atoms with Gasteiger partial charge in [0.15, 0.2) is 0 Å². The Kier molecular flexibility index (Phi) is 4.02. The summed E-state index contributed by atoms with van der Waals surface area (Å²) in [6, 6.07) is 7.12.